The quantitative estimate of drug-likeness (QED) is 0.768. The van der Waals surface area contributed by atoms with Crippen LogP contribution >= 0.6 is 0 Å². The first-order chi connectivity index (χ1) is 13.6. The van der Waals surface area contributed by atoms with E-state index in [0.29, 0.717) is 45.2 Å². The third-order valence-corrected chi connectivity index (χ3v) is 5.15. The number of nitrogens with zero attached hydrogens (tertiary/aromatic N) is 3. The molecule has 0 bridgehead atoms. The van der Waals surface area contributed by atoms with E-state index in [4.69, 9.17) is 5.11 Å². The zero-order valence-corrected chi connectivity index (χ0v) is 15.8. The standard InChI is InChI=1S/C21H26N4O3/c26-20(27)17-6-8-19(9-7-17)24-21(28)25(15-16-4-3-11-22-14-16)13-10-18-5-1-2-12-23-18/h1-5,11-12,14,17,19H,6-10,13,15H2,(H,24,28)(H,26,27). The topological polar surface area (TPSA) is 95.4 Å². The van der Waals surface area contributed by atoms with E-state index in [1.54, 1.807) is 23.5 Å². The number of aliphatic carboxylic acids is 1. The Morgan fingerprint density at radius 1 is 1.11 bits per heavy atom. The molecule has 2 amide bonds. The van der Waals surface area contributed by atoms with Crippen molar-refractivity contribution in [3.63, 3.8) is 0 Å². The number of amides is 2. The molecule has 1 saturated carbocycles. The largest absolute Gasteiger partial charge is 0.481 e. The van der Waals surface area contributed by atoms with Gasteiger partial charge in [0.25, 0.3) is 0 Å². The Morgan fingerprint density at radius 2 is 1.93 bits per heavy atom. The minimum Gasteiger partial charge on any atom is -0.481 e. The van der Waals surface area contributed by atoms with Crippen LogP contribution < -0.4 is 5.32 Å². The lowest BCUT2D eigenvalue weighted by molar-refractivity contribution is -0.142. The van der Waals surface area contributed by atoms with Crippen LogP contribution in [-0.4, -0.2) is 44.6 Å². The highest BCUT2D eigenvalue weighted by atomic mass is 16.4. The fourth-order valence-corrected chi connectivity index (χ4v) is 3.51. The maximum Gasteiger partial charge on any atom is 0.317 e. The van der Waals surface area contributed by atoms with Crippen LogP contribution in [0.25, 0.3) is 0 Å². The number of carboxylic acid groups (broad SMARTS) is 1. The first-order valence-electron chi connectivity index (χ1n) is 9.69. The molecular formula is C21H26N4O3. The summed E-state index contributed by atoms with van der Waals surface area (Å²) in [5.41, 5.74) is 1.90. The van der Waals surface area contributed by atoms with Crippen molar-refractivity contribution in [3.05, 3.63) is 60.2 Å². The summed E-state index contributed by atoms with van der Waals surface area (Å²) in [5, 5.41) is 12.2. The summed E-state index contributed by atoms with van der Waals surface area (Å²) in [4.78, 5) is 34.3. The van der Waals surface area contributed by atoms with Crippen LogP contribution in [0.3, 0.4) is 0 Å². The molecule has 0 aliphatic heterocycles. The third kappa shape index (κ3) is 5.77. The van der Waals surface area contributed by atoms with Crippen LogP contribution in [0.1, 0.15) is 36.9 Å². The smallest absolute Gasteiger partial charge is 0.317 e. The first-order valence-corrected chi connectivity index (χ1v) is 9.69. The molecule has 1 aliphatic carbocycles. The van der Waals surface area contributed by atoms with Gasteiger partial charge in [-0.05, 0) is 49.4 Å². The summed E-state index contributed by atoms with van der Waals surface area (Å²) >= 11 is 0. The predicted molar refractivity (Wildman–Crippen MR) is 105 cm³/mol. The number of rotatable bonds is 7. The van der Waals surface area contributed by atoms with Gasteiger partial charge in [-0.3, -0.25) is 14.8 Å². The van der Waals surface area contributed by atoms with Crippen LogP contribution in [0.5, 0.6) is 0 Å². The number of pyridine rings is 2. The van der Waals surface area contributed by atoms with Crippen molar-refractivity contribution in [3.8, 4) is 0 Å². The number of nitrogens with one attached hydrogen (secondary N) is 1. The second-order valence-corrected chi connectivity index (χ2v) is 7.19. The molecule has 0 atom stereocenters. The van der Waals surface area contributed by atoms with Gasteiger partial charge in [-0.2, -0.15) is 0 Å². The Labute approximate surface area is 164 Å². The highest BCUT2D eigenvalue weighted by Gasteiger charge is 2.27. The number of aromatic nitrogens is 2. The summed E-state index contributed by atoms with van der Waals surface area (Å²) in [5.74, 6) is -1.03. The second kappa shape index (κ2) is 9.82. The maximum absolute atomic E-state index is 12.9. The molecule has 2 N–H and O–H groups in total. The Balaban J connectivity index is 1.60. The lowest BCUT2D eigenvalue weighted by atomic mass is 9.86. The van der Waals surface area contributed by atoms with Crippen molar-refractivity contribution in [2.75, 3.05) is 6.54 Å². The molecular weight excluding hydrogens is 356 g/mol. The molecule has 28 heavy (non-hydrogen) atoms. The van der Waals surface area contributed by atoms with E-state index in [2.05, 4.69) is 15.3 Å². The van der Waals surface area contributed by atoms with Gasteiger partial charge in [0.15, 0.2) is 0 Å². The normalized spacial score (nSPS) is 19.0. The number of hydrogen-bond donors (Lipinski definition) is 2. The van der Waals surface area contributed by atoms with Gasteiger partial charge in [0.05, 0.1) is 5.92 Å². The average molecular weight is 382 g/mol. The lowest BCUT2D eigenvalue weighted by Gasteiger charge is -2.30. The molecule has 2 aromatic heterocycles. The molecule has 7 heteroatoms. The Morgan fingerprint density at radius 3 is 2.57 bits per heavy atom. The molecule has 2 heterocycles. The van der Waals surface area contributed by atoms with Crippen LogP contribution in [0.4, 0.5) is 4.79 Å². The third-order valence-electron chi connectivity index (χ3n) is 5.15. The van der Waals surface area contributed by atoms with E-state index in [0.717, 1.165) is 11.3 Å². The Bertz CT molecular complexity index is 762. The highest BCUT2D eigenvalue weighted by molar-refractivity contribution is 5.74. The monoisotopic (exact) mass is 382 g/mol. The lowest BCUT2D eigenvalue weighted by Crippen LogP contribution is -2.46. The molecule has 7 nitrogen and oxygen atoms in total. The van der Waals surface area contributed by atoms with E-state index < -0.39 is 5.97 Å². The molecule has 0 radical (unpaired) electrons. The molecule has 3 rings (SSSR count). The Kier molecular flexibility index (Phi) is 6.94. The summed E-state index contributed by atoms with van der Waals surface area (Å²) in [6.45, 7) is 1.01. The zero-order chi connectivity index (χ0) is 19.8. The molecule has 0 saturated heterocycles. The van der Waals surface area contributed by atoms with Gasteiger partial charge in [-0.1, -0.05) is 12.1 Å². The van der Waals surface area contributed by atoms with Crippen LogP contribution in [0.15, 0.2) is 48.9 Å². The van der Waals surface area contributed by atoms with Crippen LogP contribution in [0.2, 0.25) is 0 Å². The molecule has 0 aromatic carbocycles. The van der Waals surface area contributed by atoms with Crippen molar-refractivity contribution < 1.29 is 14.7 Å². The van der Waals surface area contributed by atoms with E-state index in [-0.39, 0.29) is 18.0 Å². The van der Waals surface area contributed by atoms with Gasteiger partial charge in [-0.25, -0.2) is 4.79 Å². The zero-order valence-electron chi connectivity index (χ0n) is 15.8. The minimum absolute atomic E-state index is 0.0225. The number of carbonyl (C=O) groups is 2. The first kappa shape index (κ1) is 19.8. The number of urea groups is 1. The number of hydrogen-bond acceptors (Lipinski definition) is 4. The predicted octanol–water partition coefficient (Wildman–Crippen LogP) is 2.87. The highest BCUT2D eigenvalue weighted by Crippen LogP contribution is 2.24. The summed E-state index contributed by atoms with van der Waals surface area (Å²) in [6.07, 6.45) is 8.50. The van der Waals surface area contributed by atoms with E-state index in [1.165, 1.54) is 0 Å². The van der Waals surface area contributed by atoms with Crippen LogP contribution in [0, 0.1) is 5.92 Å². The van der Waals surface area contributed by atoms with E-state index in [1.807, 2.05) is 30.3 Å². The van der Waals surface area contributed by atoms with Gasteiger partial charge in [0.2, 0.25) is 0 Å². The maximum atomic E-state index is 12.9. The Hall–Kier alpha value is -2.96. The molecule has 0 unspecified atom stereocenters. The minimum atomic E-state index is -0.738. The summed E-state index contributed by atoms with van der Waals surface area (Å²) in [7, 11) is 0. The van der Waals surface area contributed by atoms with Crippen molar-refractivity contribution >= 4 is 12.0 Å². The molecule has 0 spiro atoms. The van der Waals surface area contributed by atoms with Crippen molar-refractivity contribution in [1.29, 1.82) is 0 Å². The number of carboxylic acids is 1. The SMILES string of the molecule is O=C(O)C1CCC(NC(=O)N(CCc2ccccn2)Cc2cccnc2)CC1. The molecule has 148 valence electrons. The molecule has 1 aliphatic rings. The van der Waals surface area contributed by atoms with Crippen molar-refractivity contribution in [1.82, 2.24) is 20.2 Å². The van der Waals surface area contributed by atoms with Gasteiger partial charge in [0, 0.05) is 49.8 Å². The fourth-order valence-electron chi connectivity index (χ4n) is 3.51. The van der Waals surface area contributed by atoms with E-state index in [9.17, 15) is 9.59 Å². The second-order valence-electron chi connectivity index (χ2n) is 7.19. The van der Waals surface area contributed by atoms with Gasteiger partial charge >= 0.3 is 12.0 Å². The van der Waals surface area contributed by atoms with Crippen LogP contribution in [-0.2, 0) is 17.8 Å². The van der Waals surface area contributed by atoms with Gasteiger partial charge in [0.1, 0.15) is 0 Å². The van der Waals surface area contributed by atoms with E-state index >= 15 is 0 Å². The molecule has 2 aromatic rings. The average Bonchev–Trinajstić information content (AvgIpc) is 2.73. The fraction of sp³-hybridized carbons (Fsp3) is 0.429. The molecule has 1 fully saturated rings. The summed E-state index contributed by atoms with van der Waals surface area (Å²) in [6, 6.07) is 9.47. The van der Waals surface area contributed by atoms with Crippen molar-refractivity contribution in [2.45, 2.75) is 44.7 Å². The van der Waals surface area contributed by atoms with Gasteiger partial charge in [-0.15, -0.1) is 0 Å². The van der Waals surface area contributed by atoms with Crippen molar-refractivity contribution in [2.24, 2.45) is 5.92 Å². The number of carbonyl (C=O) groups excluding carboxylic acids is 1. The summed E-state index contributed by atoms with van der Waals surface area (Å²) < 4.78 is 0. The van der Waals surface area contributed by atoms with Gasteiger partial charge < -0.3 is 15.3 Å².